The molecular weight excluding hydrogens is 246 g/mol. The molecule has 19 heavy (non-hydrogen) atoms. The fraction of sp³-hybridized carbons (Fsp3) is 0.429. The molecule has 0 atom stereocenters. The highest BCUT2D eigenvalue weighted by Gasteiger charge is 2.14. The number of esters is 1. The molecule has 0 radical (unpaired) electrons. The fourth-order valence-electron chi connectivity index (χ4n) is 1.37. The van der Waals surface area contributed by atoms with Crippen LogP contribution in [0.4, 0.5) is 0 Å². The molecular formula is C14H19NO4. The number of carbonyl (C=O) groups excluding carboxylic acids is 2. The van der Waals surface area contributed by atoms with E-state index >= 15 is 0 Å². The van der Waals surface area contributed by atoms with Crippen LogP contribution in [-0.2, 0) is 20.9 Å². The molecule has 1 aromatic carbocycles. The quantitative estimate of drug-likeness (QED) is 0.482. The van der Waals surface area contributed by atoms with Crippen molar-refractivity contribution in [2.45, 2.75) is 26.3 Å². The number of nitrogens with one attached hydrogen (secondary N) is 1. The largest absolute Gasteiger partial charge is 0.497 e. The van der Waals surface area contributed by atoms with Gasteiger partial charge in [-0.3, -0.25) is 4.79 Å². The molecule has 1 aromatic rings. The van der Waals surface area contributed by atoms with Gasteiger partial charge < -0.3 is 14.8 Å². The Hall–Kier alpha value is -2.04. The predicted octanol–water partition coefficient (Wildman–Crippen LogP) is 1.65. The zero-order valence-electron chi connectivity index (χ0n) is 11.3. The van der Waals surface area contributed by atoms with Crippen molar-refractivity contribution in [1.29, 1.82) is 0 Å². The van der Waals surface area contributed by atoms with E-state index in [2.05, 4.69) is 5.32 Å². The first-order chi connectivity index (χ1) is 9.17. The number of rotatable bonds is 6. The Labute approximate surface area is 112 Å². The van der Waals surface area contributed by atoms with Crippen LogP contribution in [0.5, 0.6) is 5.75 Å². The summed E-state index contributed by atoms with van der Waals surface area (Å²) < 4.78 is 9.82. The van der Waals surface area contributed by atoms with Gasteiger partial charge in [-0.2, -0.15) is 0 Å². The minimum atomic E-state index is -0.832. The summed E-state index contributed by atoms with van der Waals surface area (Å²) in [6, 6.07) is 7.23. The first-order valence-corrected chi connectivity index (χ1v) is 6.25. The minimum Gasteiger partial charge on any atom is -0.497 e. The predicted molar refractivity (Wildman–Crippen MR) is 70.7 cm³/mol. The number of hydrogen-bond donors (Lipinski definition) is 1. The molecule has 0 heterocycles. The fourth-order valence-corrected chi connectivity index (χ4v) is 1.37. The van der Waals surface area contributed by atoms with Crippen molar-refractivity contribution in [1.82, 2.24) is 5.32 Å². The van der Waals surface area contributed by atoms with Crippen LogP contribution in [0.1, 0.15) is 25.3 Å². The topological polar surface area (TPSA) is 64.6 Å². The zero-order chi connectivity index (χ0) is 14.1. The monoisotopic (exact) mass is 265 g/mol. The highest BCUT2D eigenvalue weighted by Crippen LogP contribution is 2.10. The van der Waals surface area contributed by atoms with Crippen LogP contribution in [0.15, 0.2) is 24.3 Å². The standard InChI is InChI=1S/C14H19NO4/c1-3-4-9-19-14(17)13(16)15-10-11-5-7-12(18-2)8-6-11/h5-8H,3-4,9-10H2,1-2H3,(H,15,16). The van der Waals surface area contributed by atoms with Crippen LogP contribution in [0.3, 0.4) is 0 Å². The number of benzene rings is 1. The normalized spacial score (nSPS) is 9.79. The van der Waals surface area contributed by atoms with Gasteiger partial charge >= 0.3 is 11.9 Å². The first kappa shape index (κ1) is 15.0. The molecule has 0 aliphatic heterocycles. The maximum atomic E-state index is 11.4. The van der Waals surface area contributed by atoms with Crippen LogP contribution >= 0.6 is 0 Å². The molecule has 0 aromatic heterocycles. The zero-order valence-corrected chi connectivity index (χ0v) is 11.3. The number of unbranched alkanes of at least 4 members (excludes halogenated alkanes) is 1. The second-order valence-corrected chi connectivity index (χ2v) is 4.02. The van der Waals surface area contributed by atoms with Gasteiger partial charge in [0.2, 0.25) is 0 Å². The minimum absolute atomic E-state index is 0.283. The summed E-state index contributed by atoms with van der Waals surface area (Å²) in [5, 5.41) is 2.51. The number of methoxy groups -OCH3 is 1. The van der Waals surface area contributed by atoms with Crippen LogP contribution in [-0.4, -0.2) is 25.6 Å². The Morgan fingerprint density at radius 3 is 2.47 bits per heavy atom. The lowest BCUT2D eigenvalue weighted by atomic mass is 10.2. The van der Waals surface area contributed by atoms with Gasteiger partial charge in [0.15, 0.2) is 0 Å². The highest BCUT2D eigenvalue weighted by atomic mass is 16.5. The molecule has 1 rings (SSSR count). The highest BCUT2D eigenvalue weighted by molar-refractivity contribution is 6.32. The van der Waals surface area contributed by atoms with Crippen LogP contribution in [0.2, 0.25) is 0 Å². The van der Waals surface area contributed by atoms with Crippen molar-refractivity contribution < 1.29 is 19.1 Å². The van der Waals surface area contributed by atoms with E-state index < -0.39 is 11.9 Å². The molecule has 5 nitrogen and oxygen atoms in total. The Bertz CT molecular complexity index is 414. The van der Waals surface area contributed by atoms with Gasteiger partial charge in [0.05, 0.1) is 13.7 Å². The maximum absolute atomic E-state index is 11.4. The third-order valence-electron chi connectivity index (χ3n) is 2.53. The summed E-state index contributed by atoms with van der Waals surface area (Å²) in [5.41, 5.74) is 0.885. The second-order valence-electron chi connectivity index (χ2n) is 4.02. The molecule has 1 amide bonds. The Morgan fingerprint density at radius 2 is 1.89 bits per heavy atom. The average Bonchev–Trinajstić information content (AvgIpc) is 2.45. The van der Waals surface area contributed by atoms with E-state index in [0.29, 0.717) is 0 Å². The number of ether oxygens (including phenoxy) is 2. The lowest BCUT2D eigenvalue weighted by Gasteiger charge is -2.06. The van der Waals surface area contributed by atoms with Crippen LogP contribution in [0.25, 0.3) is 0 Å². The smallest absolute Gasteiger partial charge is 0.396 e. The number of amides is 1. The molecule has 0 aliphatic rings. The van der Waals surface area contributed by atoms with Crippen molar-refractivity contribution in [3.63, 3.8) is 0 Å². The molecule has 0 saturated heterocycles. The maximum Gasteiger partial charge on any atom is 0.396 e. The SMILES string of the molecule is CCCCOC(=O)C(=O)NCc1ccc(OC)cc1. The van der Waals surface area contributed by atoms with Gasteiger partial charge in [0, 0.05) is 6.54 Å². The lowest BCUT2D eigenvalue weighted by molar-refractivity contribution is -0.155. The molecule has 104 valence electrons. The van der Waals surface area contributed by atoms with Crippen molar-refractivity contribution in [3.05, 3.63) is 29.8 Å². The number of carbonyl (C=O) groups is 2. The van der Waals surface area contributed by atoms with E-state index in [0.717, 1.165) is 24.2 Å². The van der Waals surface area contributed by atoms with Crippen molar-refractivity contribution in [3.8, 4) is 5.75 Å². The van der Waals surface area contributed by atoms with E-state index in [1.54, 1.807) is 19.2 Å². The Morgan fingerprint density at radius 1 is 1.21 bits per heavy atom. The van der Waals surface area contributed by atoms with E-state index in [1.807, 2.05) is 19.1 Å². The van der Waals surface area contributed by atoms with Crippen molar-refractivity contribution in [2.24, 2.45) is 0 Å². The molecule has 5 heteroatoms. The summed E-state index contributed by atoms with van der Waals surface area (Å²) >= 11 is 0. The van der Waals surface area contributed by atoms with Crippen LogP contribution in [0, 0.1) is 0 Å². The second kappa shape index (κ2) is 8.13. The summed E-state index contributed by atoms with van der Waals surface area (Å²) in [7, 11) is 1.59. The summed E-state index contributed by atoms with van der Waals surface area (Å²) in [6.45, 7) is 2.55. The molecule has 0 saturated carbocycles. The molecule has 1 N–H and O–H groups in total. The summed E-state index contributed by atoms with van der Waals surface area (Å²) in [6.07, 6.45) is 1.68. The van der Waals surface area contributed by atoms with Gasteiger partial charge in [-0.15, -0.1) is 0 Å². The van der Waals surface area contributed by atoms with Crippen molar-refractivity contribution in [2.75, 3.05) is 13.7 Å². The molecule has 0 spiro atoms. The third-order valence-corrected chi connectivity index (χ3v) is 2.53. The van der Waals surface area contributed by atoms with E-state index in [1.165, 1.54) is 0 Å². The van der Waals surface area contributed by atoms with Crippen molar-refractivity contribution >= 4 is 11.9 Å². The van der Waals surface area contributed by atoms with Gasteiger partial charge in [0.1, 0.15) is 5.75 Å². The van der Waals surface area contributed by atoms with Gasteiger partial charge in [-0.05, 0) is 24.1 Å². The Kier molecular flexibility index (Phi) is 6.43. The number of hydrogen-bond acceptors (Lipinski definition) is 4. The van der Waals surface area contributed by atoms with E-state index in [9.17, 15) is 9.59 Å². The van der Waals surface area contributed by atoms with E-state index in [-0.39, 0.29) is 13.2 Å². The molecule has 0 aliphatic carbocycles. The van der Waals surface area contributed by atoms with Gasteiger partial charge in [-0.25, -0.2) is 4.79 Å². The summed E-state index contributed by atoms with van der Waals surface area (Å²) in [4.78, 5) is 22.7. The lowest BCUT2D eigenvalue weighted by Crippen LogP contribution is -2.32. The summed E-state index contributed by atoms with van der Waals surface area (Å²) in [5.74, 6) is -0.803. The van der Waals surface area contributed by atoms with Gasteiger partial charge in [0.25, 0.3) is 0 Å². The van der Waals surface area contributed by atoms with Crippen LogP contribution < -0.4 is 10.1 Å². The Balaban J connectivity index is 2.34. The molecule has 0 unspecified atom stereocenters. The molecule has 0 bridgehead atoms. The average molecular weight is 265 g/mol. The third kappa shape index (κ3) is 5.42. The molecule has 0 fully saturated rings. The van der Waals surface area contributed by atoms with E-state index in [4.69, 9.17) is 9.47 Å². The van der Waals surface area contributed by atoms with Gasteiger partial charge in [-0.1, -0.05) is 25.5 Å². The first-order valence-electron chi connectivity index (χ1n) is 6.25.